The quantitative estimate of drug-likeness (QED) is 0.490. The van der Waals surface area contributed by atoms with Gasteiger partial charge < -0.3 is 9.64 Å². The summed E-state index contributed by atoms with van der Waals surface area (Å²) in [7, 11) is 4.22. The van der Waals surface area contributed by atoms with Crippen molar-refractivity contribution in [3.05, 3.63) is 12.2 Å². The van der Waals surface area contributed by atoms with E-state index in [1.165, 1.54) is 6.08 Å². The zero-order valence-electron chi connectivity index (χ0n) is 12.5. The Bertz CT molecular complexity index is 284. The smallest absolute Gasteiger partial charge is 0.330 e. The average molecular weight is 269 g/mol. The Hall–Kier alpha value is -0.910. The Morgan fingerprint density at radius 2 is 1.84 bits per heavy atom. The fourth-order valence-electron chi connectivity index (χ4n) is 2.03. The maximum Gasteiger partial charge on any atom is 0.330 e. The van der Waals surface area contributed by atoms with Gasteiger partial charge in [0.1, 0.15) is 0 Å². The number of ether oxygens (including phenoxy) is 1. The molecule has 0 spiro atoms. The molecule has 19 heavy (non-hydrogen) atoms. The van der Waals surface area contributed by atoms with Gasteiger partial charge >= 0.3 is 5.97 Å². The molecule has 0 N–H and O–H groups in total. The highest BCUT2D eigenvalue weighted by Crippen LogP contribution is 2.01. The van der Waals surface area contributed by atoms with E-state index in [-0.39, 0.29) is 5.97 Å². The average Bonchev–Trinajstić information content (AvgIpc) is 2.38. The van der Waals surface area contributed by atoms with Crippen molar-refractivity contribution in [3.8, 4) is 0 Å². The van der Waals surface area contributed by atoms with Crippen LogP contribution in [-0.2, 0) is 9.53 Å². The molecule has 5 nitrogen and oxygen atoms in total. The second-order valence-electron chi connectivity index (χ2n) is 5.10. The van der Waals surface area contributed by atoms with E-state index >= 15 is 0 Å². The lowest BCUT2D eigenvalue weighted by Gasteiger charge is -2.34. The van der Waals surface area contributed by atoms with Gasteiger partial charge in [0.25, 0.3) is 0 Å². The van der Waals surface area contributed by atoms with Crippen LogP contribution in [0, 0.1) is 0 Å². The van der Waals surface area contributed by atoms with E-state index in [0.717, 1.165) is 45.8 Å². The van der Waals surface area contributed by atoms with Gasteiger partial charge in [0, 0.05) is 51.9 Å². The van der Waals surface area contributed by atoms with Crippen LogP contribution in [0.1, 0.15) is 6.92 Å². The SMILES string of the molecule is CCOC(=O)/C=C/CN1CCN(CCN(C)C)CC1. The number of hydrogen-bond donors (Lipinski definition) is 0. The molecule has 0 atom stereocenters. The third-order valence-corrected chi connectivity index (χ3v) is 3.23. The van der Waals surface area contributed by atoms with Crippen molar-refractivity contribution in [2.45, 2.75) is 6.92 Å². The minimum atomic E-state index is -0.243. The molecule has 5 heteroatoms. The number of piperazine rings is 1. The summed E-state index contributed by atoms with van der Waals surface area (Å²) in [4.78, 5) is 18.2. The van der Waals surface area contributed by atoms with Gasteiger partial charge in [0.2, 0.25) is 0 Å². The number of esters is 1. The molecule has 110 valence electrons. The zero-order valence-corrected chi connectivity index (χ0v) is 12.5. The highest BCUT2D eigenvalue weighted by Gasteiger charge is 2.15. The Balaban J connectivity index is 2.14. The Morgan fingerprint density at radius 1 is 1.21 bits per heavy atom. The molecule has 0 amide bonds. The molecule has 0 aromatic carbocycles. The minimum absolute atomic E-state index is 0.243. The number of carbonyl (C=O) groups excluding carboxylic acids is 1. The fraction of sp³-hybridized carbons (Fsp3) is 0.786. The molecule has 0 unspecified atom stereocenters. The first-order valence-electron chi connectivity index (χ1n) is 7.04. The van der Waals surface area contributed by atoms with Crippen molar-refractivity contribution in [1.29, 1.82) is 0 Å². The Labute approximate surface area is 116 Å². The molecule has 1 rings (SSSR count). The number of rotatable bonds is 7. The molecule has 1 aliphatic rings. The van der Waals surface area contributed by atoms with Crippen molar-refractivity contribution in [3.63, 3.8) is 0 Å². The van der Waals surface area contributed by atoms with Crippen molar-refractivity contribution in [1.82, 2.24) is 14.7 Å². The third-order valence-electron chi connectivity index (χ3n) is 3.23. The zero-order chi connectivity index (χ0) is 14.1. The fourth-order valence-corrected chi connectivity index (χ4v) is 2.03. The van der Waals surface area contributed by atoms with Gasteiger partial charge in [0.15, 0.2) is 0 Å². The van der Waals surface area contributed by atoms with Crippen LogP contribution >= 0.6 is 0 Å². The minimum Gasteiger partial charge on any atom is -0.463 e. The second-order valence-corrected chi connectivity index (χ2v) is 5.10. The van der Waals surface area contributed by atoms with Crippen LogP contribution in [0.3, 0.4) is 0 Å². The maximum absolute atomic E-state index is 11.1. The first-order chi connectivity index (χ1) is 9.11. The highest BCUT2D eigenvalue weighted by atomic mass is 16.5. The molecule has 0 aromatic heterocycles. The molecule has 0 saturated carbocycles. The summed E-state index contributed by atoms with van der Waals surface area (Å²) in [5.74, 6) is -0.243. The molecule has 0 aromatic rings. The number of nitrogens with zero attached hydrogens (tertiary/aromatic N) is 3. The Morgan fingerprint density at radius 3 is 2.42 bits per heavy atom. The van der Waals surface area contributed by atoms with Crippen LogP contribution in [0.5, 0.6) is 0 Å². The van der Waals surface area contributed by atoms with Gasteiger partial charge in [-0.3, -0.25) is 9.80 Å². The first-order valence-corrected chi connectivity index (χ1v) is 7.04. The van der Waals surface area contributed by atoms with E-state index in [4.69, 9.17) is 4.74 Å². The van der Waals surface area contributed by atoms with E-state index < -0.39 is 0 Å². The molecular formula is C14H27N3O2. The summed E-state index contributed by atoms with van der Waals surface area (Å²) in [5, 5.41) is 0. The lowest BCUT2D eigenvalue weighted by atomic mass is 10.3. The topological polar surface area (TPSA) is 36.0 Å². The summed E-state index contributed by atoms with van der Waals surface area (Å²) in [6, 6.07) is 0. The van der Waals surface area contributed by atoms with Gasteiger partial charge in [-0.05, 0) is 21.0 Å². The lowest BCUT2D eigenvalue weighted by Crippen LogP contribution is -2.47. The summed E-state index contributed by atoms with van der Waals surface area (Å²) < 4.78 is 4.85. The predicted molar refractivity (Wildman–Crippen MR) is 77.2 cm³/mol. The van der Waals surface area contributed by atoms with Crippen LogP contribution in [0.2, 0.25) is 0 Å². The molecule has 1 heterocycles. The van der Waals surface area contributed by atoms with E-state index in [9.17, 15) is 4.79 Å². The highest BCUT2D eigenvalue weighted by molar-refractivity contribution is 5.81. The maximum atomic E-state index is 11.1. The molecule has 0 aliphatic carbocycles. The number of carbonyl (C=O) groups is 1. The molecule has 1 aliphatic heterocycles. The Kier molecular flexibility index (Phi) is 7.70. The van der Waals surface area contributed by atoms with Gasteiger partial charge in [-0.1, -0.05) is 6.08 Å². The number of hydrogen-bond acceptors (Lipinski definition) is 5. The normalized spacial score (nSPS) is 18.3. The summed E-state index contributed by atoms with van der Waals surface area (Å²) in [6.45, 7) is 9.71. The molecule has 1 fully saturated rings. The van der Waals surface area contributed by atoms with Crippen LogP contribution < -0.4 is 0 Å². The lowest BCUT2D eigenvalue weighted by molar-refractivity contribution is -0.137. The molecule has 1 saturated heterocycles. The number of likely N-dealkylation sites (N-methyl/N-ethyl adjacent to an activating group) is 1. The summed E-state index contributed by atoms with van der Waals surface area (Å²) >= 11 is 0. The van der Waals surface area contributed by atoms with Crippen LogP contribution in [0.15, 0.2) is 12.2 Å². The first kappa shape index (κ1) is 16.1. The van der Waals surface area contributed by atoms with Gasteiger partial charge in [-0.15, -0.1) is 0 Å². The van der Waals surface area contributed by atoms with Crippen LogP contribution in [0.4, 0.5) is 0 Å². The van der Waals surface area contributed by atoms with E-state index in [1.807, 2.05) is 13.0 Å². The van der Waals surface area contributed by atoms with Gasteiger partial charge in [-0.25, -0.2) is 4.79 Å². The monoisotopic (exact) mass is 269 g/mol. The van der Waals surface area contributed by atoms with Crippen LogP contribution in [-0.4, -0.2) is 87.2 Å². The standard InChI is InChI=1S/C14H27N3O2/c1-4-19-14(18)6-5-7-16-10-12-17(13-11-16)9-8-15(2)3/h5-6H,4,7-13H2,1-3H3/b6-5+. The predicted octanol–water partition coefficient (Wildman–Crippen LogP) is 0.285. The van der Waals surface area contributed by atoms with Gasteiger partial charge in [0.05, 0.1) is 6.61 Å². The van der Waals surface area contributed by atoms with Crippen LogP contribution in [0.25, 0.3) is 0 Å². The van der Waals surface area contributed by atoms with E-state index in [2.05, 4.69) is 28.8 Å². The van der Waals surface area contributed by atoms with E-state index in [0.29, 0.717) is 6.61 Å². The summed E-state index contributed by atoms with van der Waals surface area (Å²) in [5.41, 5.74) is 0. The van der Waals surface area contributed by atoms with Crippen molar-refractivity contribution in [2.75, 3.05) is 66.5 Å². The second kappa shape index (κ2) is 9.07. The molecular weight excluding hydrogens is 242 g/mol. The van der Waals surface area contributed by atoms with Crippen molar-refractivity contribution < 1.29 is 9.53 Å². The van der Waals surface area contributed by atoms with Gasteiger partial charge in [-0.2, -0.15) is 0 Å². The molecule has 0 radical (unpaired) electrons. The largest absolute Gasteiger partial charge is 0.463 e. The third kappa shape index (κ3) is 7.30. The van der Waals surface area contributed by atoms with Crippen molar-refractivity contribution in [2.24, 2.45) is 0 Å². The molecule has 0 bridgehead atoms. The van der Waals surface area contributed by atoms with Crippen molar-refractivity contribution >= 4 is 5.97 Å². The van der Waals surface area contributed by atoms with E-state index in [1.54, 1.807) is 0 Å². The summed E-state index contributed by atoms with van der Waals surface area (Å²) in [6.07, 6.45) is 3.43.